The number of rotatable bonds is 9. The number of nitrogens with one attached hydrogen (secondary N) is 1. The summed E-state index contributed by atoms with van der Waals surface area (Å²) >= 11 is 0. The van der Waals surface area contributed by atoms with Gasteiger partial charge in [-0.25, -0.2) is 13.2 Å². The van der Waals surface area contributed by atoms with E-state index in [1.165, 1.54) is 18.2 Å². The first-order valence-corrected chi connectivity index (χ1v) is 15.7. The van der Waals surface area contributed by atoms with Gasteiger partial charge < -0.3 is 19.5 Å². The van der Waals surface area contributed by atoms with E-state index in [2.05, 4.69) is 15.5 Å². The number of hydrogen-bond donors (Lipinski definition) is 1. The topological polar surface area (TPSA) is 149 Å². The number of hydrogen-bond acceptors (Lipinski definition) is 9. The van der Waals surface area contributed by atoms with Gasteiger partial charge in [0.1, 0.15) is 11.6 Å². The Morgan fingerprint density at radius 3 is 2.38 bits per heavy atom. The third kappa shape index (κ3) is 8.90. The van der Waals surface area contributed by atoms with Gasteiger partial charge in [0.05, 0.1) is 22.9 Å². The molecular weight excluding hydrogens is 617 g/mol. The Morgan fingerprint density at radius 1 is 1.09 bits per heavy atom. The van der Waals surface area contributed by atoms with Crippen molar-refractivity contribution in [1.29, 1.82) is 0 Å². The van der Waals surface area contributed by atoms with Gasteiger partial charge in [-0.05, 0) is 57.4 Å². The molecule has 0 spiro atoms. The van der Waals surface area contributed by atoms with Crippen LogP contribution in [0.15, 0.2) is 51.9 Å². The maximum Gasteiger partial charge on any atom is 0.408 e. The third-order valence-corrected chi connectivity index (χ3v) is 8.53. The number of benzene rings is 2. The first-order chi connectivity index (χ1) is 20.9. The highest BCUT2D eigenvalue weighted by atomic mass is 32.2. The van der Waals surface area contributed by atoms with Crippen LogP contribution in [0.3, 0.4) is 0 Å². The standard InChI is InChI=1S/C30H33F3N4O7S/c1-18-34-26(36-44-18)20-10-8-19(9-11-20)16-37-23-15-21(24(38)7-5-6-14-30(31,32)33)12-13-25(23)45(41,42)17-22(27(37)39)35-28(40)43-29(2,3)4/h8-13,15,22H,5-7,14,16-17H2,1-4H3,(H,35,40)/t22-/m0/s1. The van der Waals surface area contributed by atoms with Crippen LogP contribution in [0.4, 0.5) is 23.7 Å². The molecule has 0 aliphatic carbocycles. The Bertz CT molecular complexity index is 1680. The lowest BCUT2D eigenvalue weighted by Crippen LogP contribution is -2.51. The van der Waals surface area contributed by atoms with E-state index in [1.807, 2.05) is 0 Å². The Hall–Kier alpha value is -4.27. The van der Waals surface area contributed by atoms with E-state index in [-0.39, 0.29) is 42.0 Å². The molecule has 15 heteroatoms. The number of carbonyl (C=O) groups excluding carboxylic acids is 3. The number of Topliss-reactive ketones (excluding diaryl/α,β-unsaturated/α-hetero) is 1. The molecule has 1 N–H and O–H groups in total. The smallest absolute Gasteiger partial charge is 0.408 e. The molecule has 1 aromatic heterocycles. The zero-order chi connectivity index (χ0) is 33.2. The first-order valence-electron chi connectivity index (χ1n) is 14.1. The second kappa shape index (κ2) is 13.0. The van der Waals surface area contributed by atoms with Crippen LogP contribution in [0.5, 0.6) is 0 Å². The molecule has 1 atom stereocenters. The Balaban J connectivity index is 1.69. The van der Waals surface area contributed by atoms with Crippen LogP contribution in [-0.2, 0) is 25.9 Å². The van der Waals surface area contributed by atoms with Gasteiger partial charge in [-0.15, -0.1) is 0 Å². The van der Waals surface area contributed by atoms with Gasteiger partial charge in [-0.2, -0.15) is 18.2 Å². The third-order valence-electron chi connectivity index (χ3n) is 6.74. The highest BCUT2D eigenvalue weighted by Gasteiger charge is 2.40. The maximum atomic E-state index is 13.9. The van der Waals surface area contributed by atoms with Gasteiger partial charge >= 0.3 is 12.3 Å². The molecule has 0 fully saturated rings. The molecule has 1 aliphatic rings. The average molecular weight is 651 g/mol. The summed E-state index contributed by atoms with van der Waals surface area (Å²) in [6.07, 6.45) is -6.82. The molecule has 2 heterocycles. The number of nitrogens with zero attached hydrogens (tertiary/aromatic N) is 3. The van der Waals surface area contributed by atoms with E-state index in [0.717, 1.165) is 4.90 Å². The number of unbranched alkanes of at least 4 members (excludes halogenated alkanes) is 1. The van der Waals surface area contributed by atoms with Crippen molar-refractivity contribution < 1.29 is 45.2 Å². The predicted molar refractivity (Wildman–Crippen MR) is 156 cm³/mol. The van der Waals surface area contributed by atoms with Gasteiger partial charge in [0.2, 0.25) is 11.7 Å². The van der Waals surface area contributed by atoms with Gasteiger partial charge in [0.15, 0.2) is 15.6 Å². The molecule has 3 aromatic rings. The van der Waals surface area contributed by atoms with Crippen LogP contribution < -0.4 is 10.2 Å². The molecule has 0 saturated heterocycles. The van der Waals surface area contributed by atoms with Crippen molar-refractivity contribution in [2.45, 2.75) is 82.6 Å². The van der Waals surface area contributed by atoms with E-state index in [9.17, 15) is 36.0 Å². The van der Waals surface area contributed by atoms with Gasteiger partial charge in [-0.3, -0.25) is 9.59 Å². The molecule has 2 aromatic carbocycles. The van der Waals surface area contributed by atoms with Crippen molar-refractivity contribution in [1.82, 2.24) is 15.5 Å². The van der Waals surface area contributed by atoms with Crippen molar-refractivity contribution in [3.8, 4) is 11.4 Å². The number of aryl methyl sites for hydroxylation is 1. The number of fused-ring (bicyclic) bond motifs is 1. The molecule has 0 radical (unpaired) electrons. The van der Waals surface area contributed by atoms with Crippen molar-refractivity contribution in [3.63, 3.8) is 0 Å². The number of ketones is 1. The molecule has 2 amide bonds. The van der Waals surface area contributed by atoms with Gasteiger partial charge in [-0.1, -0.05) is 29.4 Å². The lowest BCUT2D eigenvalue weighted by molar-refractivity contribution is -0.135. The maximum absolute atomic E-state index is 13.9. The minimum Gasteiger partial charge on any atom is -0.444 e. The molecule has 11 nitrogen and oxygen atoms in total. The Kier molecular flexibility index (Phi) is 9.71. The summed E-state index contributed by atoms with van der Waals surface area (Å²) in [5, 5.41) is 6.24. The normalized spacial score (nSPS) is 16.6. The summed E-state index contributed by atoms with van der Waals surface area (Å²) < 4.78 is 74.9. The van der Waals surface area contributed by atoms with Crippen LogP contribution >= 0.6 is 0 Å². The summed E-state index contributed by atoms with van der Waals surface area (Å²) in [5.41, 5.74) is 0.219. The second-order valence-corrected chi connectivity index (χ2v) is 13.7. The molecular formula is C30H33F3N4O7S. The molecule has 4 rings (SSSR count). The van der Waals surface area contributed by atoms with E-state index in [4.69, 9.17) is 9.26 Å². The fraction of sp³-hybridized carbons (Fsp3) is 0.433. The minimum absolute atomic E-state index is 0.0233. The molecule has 0 unspecified atom stereocenters. The minimum atomic E-state index is -4.34. The first kappa shape index (κ1) is 33.6. The van der Waals surface area contributed by atoms with Crippen LogP contribution in [-0.4, -0.2) is 59.9 Å². The number of aromatic nitrogens is 2. The van der Waals surface area contributed by atoms with E-state index in [0.29, 0.717) is 22.8 Å². The fourth-order valence-corrected chi connectivity index (χ4v) is 6.29. The Labute approximate surface area is 258 Å². The average Bonchev–Trinajstić information content (AvgIpc) is 3.35. The number of ether oxygens (including phenoxy) is 1. The molecule has 1 aliphatic heterocycles. The summed E-state index contributed by atoms with van der Waals surface area (Å²) in [6, 6.07) is 8.94. The number of alkyl halides is 3. The molecule has 242 valence electrons. The van der Waals surface area contributed by atoms with E-state index in [1.54, 1.807) is 52.0 Å². The molecule has 0 bridgehead atoms. The number of halogens is 3. The monoisotopic (exact) mass is 650 g/mol. The SMILES string of the molecule is Cc1nc(-c2ccc(CN3C(=O)[C@@H](NC(=O)OC(C)(C)C)CS(=O)(=O)c4ccc(C(=O)CCCCC(F)(F)F)cc43)cc2)no1. The van der Waals surface area contributed by atoms with Crippen LogP contribution in [0.1, 0.15) is 68.3 Å². The summed E-state index contributed by atoms with van der Waals surface area (Å²) in [5.74, 6) is -1.32. The predicted octanol–water partition coefficient (Wildman–Crippen LogP) is 5.56. The highest BCUT2D eigenvalue weighted by molar-refractivity contribution is 7.91. The van der Waals surface area contributed by atoms with Crippen molar-refractivity contribution >= 4 is 33.3 Å². The van der Waals surface area contributed by atoms with E-state index >= 15 is 0 Å². The number of alkyl carbamates (subject to hydrolysis) is 1. The van der Waals surface area contributed by atoms with Crippen LogP contribution in [0.25, 0.3) is 11.4 Å². The van der Waals surface area contributed by atoms with Crippen molar-refractivity contribution in [2.24, 2.45) is 0 Å². The van der Waals surface area contributed by atoms with Gasteiger partial charge in [0.25, 0.3) is 5.91 Å². The zero-order valence-corrected chi connectivity index (χ0v) is 25.9. The lowest BCUT2D eigenvalue weighted by Gasteiger charge is -2.27. The largest absolute Gasteiger partial charge is 0.444 e. The van der Waals surface area contributed by atoms with Crippen LogP contribution in [0.2, 0.25) is 0 Å². The number of sulfone groups is 1. The van der Waals surface area contributed by atoms with Crippen molar-refractivity contribution in [3.05, 3.63) is 59.5 Å². The van der Waals surface area contributed by atoms with Crippen molar-refractivity contribution in [2.75, 3.05) is 10.7 Å². The summed E-state index contributed by atoms with van der Waals surface area (Å²) in [4.78, 5) is 44.6. The number of carbonyl (C=O) groups is 3. The number of anilines is 1. The van der Waals surface area contributed by atoms with Crippen LogP contribution in [0, 0.1) is 6.92 Å². The molecule has 45 heavy (non-hydrogen) atoms. The van der Waals surface area contributed by atoms with E-state index < -0.39 is 57.6 Å². The lowest BCUT2D eigenvalue weighted by atomic mass is 10.0. The molecule has 0 saturated carbocycles. The number of amides is 2. The fourth-order valence-electron chi connectivity index (χ4n) is 4.68. The highest BCUT2D eigenvalue weighted by Crippen LogP contribution is 2.34. The quantitative estimate of drug-likeness (QED) is 0.232. The second-order valence-electron chi connectivity index (χ2n) is 11.7. The zero-order valence-electron chi connectivity index (χ0n) is 25.1. The Morgan fingerprint density at radius 2 is 1.78 bits per heavy atom. The summed E-state index contributed by atoms with van der Waals surface area (Å²) in [7, 11) is -4.19. The van der Waals surface area contributed by atoms with Gasteiger partial charge in [0, 0.05) is 30.9 Å². The summed E-state index contributed by atoms with van der Waals surface area (Å²) in [6.45, 7) is 6.33.